The predicted octanol–water partition coefficient (Wildman–Crippen LogP) is 2.49. The number of hydrogen-bond acceptors (Lipinski definition) is 3. The highest BCUT2D eigenvalue weighted by Crippen LogP contribution is 2.19. The van der Waals surface area contributed by atoms with Gasteiger partial charge < -0.3 is 14.9 Å². The molecular weight excluding hydrogens is 258 g/mol. The zero-order chi connectivity index (χ0) is 13.8. The lowest BCUT2D eigenvalue weighted by molar-refractivity contribution is 0.588. The Bertz CT molecular complexity index is 536. The Morgan fingerprint density at radius 2 is 2.00 bits per heavy atom. The molecule has 2 N–H and O–H groups in total. The van der Waals surface area contributed by atoms with Crippen molar-refractivity contribution in [3.05, 3.63) is 42.0 Å². The number of nitrogens with two attached hydrogens (primary N) is 1. The average molecular weight is 277 g/mol. The Hall–Kier alpha value is -1.46. The van der Waals surface area contributed by atoms with Crippen molar-refractivity contribution in [3.63, 3.8) is 0 Å². The largest absolute Gasteiger partial charge is 0.611 e. The normalized spacial score (nSPS) is 12.6. The first kappa shape index (κ1) is 14.0. The molecule has 1 heterocycles. The molecule has 0 saturated carbocycles. The monoisotopic (exact) mass is 277 g/mol. The fourth-order valence-electron chi connectivity index (χ4n) is 1.96. The van der Waals surface area contributed by atoms with Gasteiger partial charge in [0.15, 0.2) is 10.6 Å². The second-order valence-electron chi connectivity index (χ2n) is 4.53. The van der Waals surface area contributed by atoms with Crippen molar-refractivity contribution >= 4 is 16.9 Å². The fraction of sp³-hybridized carbons (Fsp3) is 0.357. The van der Waals surface area contributed by atoms with Gasteiger partial charge in [-0.25, -0.2) is 4.98 Å². The topological polar surface area (TPSA) is 66.9 Å². The molecule has 4 nitrogen and oxygen atoms in total. The van der Waals surface area contributed by atoms with Crippen LogP contribution >= 0.6 is 0 Å². The van der Waals surface area contributed by atoms with Gasteiger partial charge in [-0.05, 0) is 48.8 Å². The molecule has 0 bridgehead atoms. The van der Waals surface area contributed by atoms with Crippen LogP contribution in [-0.2, 0) is 23.5 Å². The lowest BCUT2D eigenvalue weighted by Crippen LogP contribution is -2.11. The maximum Gasteiger partial charge on any atom is 0.153 e. The zero-order valence-electron chi connectivity index (χ0n) is 11.3. The van der Waals surface area contributed by atoms with Crippen molar-refractivity contribution in [2.45, 2.75) is 37.5 Å². The van der Waals surface area contributed by atoms with E-state index < -0.39 is 11.2 Å². The molecule has 0 radical (unpaired) electrons. The van der Waals surface area contributed by atoms with E-state index in [2.05, 4.69) is 16.5 Å². The summed E-state index contributed by atoms with van der Waals surface area (Å²) in [6.45, 7) is 4.99. The molecule has 102 valence electrons. The molecule has 0 aliphatic rings. The highest BCUT2D eigenvalue weighted by Gasteiger charge is 2.17. The van der Waals surface area contributed by atoms with E-state index in [0.29, 0.717) is 11.4 Å². The summed E-state index contributed by atoms with van der Waals surface area (Å²) < 4.78 is 14.4. The lowest BCUT2D eigenvalue weighted by Gasteiger charge is -2.13. The van der Waals surface area contributed by atoms with Crippen LogP contribution in [-0.4, -0.2) is 14.1 Å². The van der Waals surface area contributed by atoms with E-state index in [-0.39, 0.29) is 0 Å². The molecule has 0 amide bonds. The van der Waals surface area contributed by atoms with Crippen LogP contribution in [0.2, 0.25) is 0 Å². The first-order chi connectivity index (χ1) is 9.11. The van der Waals surface area contributed by atoms with Crippen LogP contribution < -0.4 is 5.73 Å². The van der Waals surface area contributed by atoms with Crippen LogP contribution in [0.15, 0.2) is 35.5 Å². The number of rotatable bonds is 5. The van der Waals surface area contributed by atoms with Crippen LogP contribution in [0.4, 0.5) is 5.69 Å². The summed E-state index contributed by atoms with van der Waals surface area (Å²) in [7, 11) is 0. The van der Waals surface area contributed by atoms with E-state index in [4.69, 9.17) is 5.73 Å². The maximum atomic E-state index is 12.4. The van der Waals surface area contributed by atoms with Gasteiger partial charge in [0, 0.05) is 12.2 Å². The molecule has 0 saturated heterocycles. The van der Waals surface area contributed by atoms with Crippen LogP contribution in [0.1, 0.15) is 24.7 Å². The van der Waals surface area contributed by atoms with Crippen LogP contribution in [0.3, 0.4) is 0 Å². The van der Waals surface area contributed by atoms with Gasteiger partial charge in [0.2, 0.25) is 0 Å². The van der Waals surface area contributed by atoms with E-state index in [1.807, 2.05) is 25.4 Å². The molecule has 1 aromatic heterocycles. The fourth-order valence-corrected chi connectivity index (χ4v) is 3.19. The Morgan fingerprint density at radius 3 is 2.63 bits per heavy atom. The number of anilines is 1. The first-order valence-electron chi connectivity index (χ1n) is 6.36. The predicted molar refractivity (Wildman–Crippen MR) is 78.2 cm³/mol. The smallest absolute Gasteiger partial charge is 0.153 e. The Balaban J connectivity index is 2.16. The molecule has 5 heteroatoms. The molecule has 0 aliphatic carbocycles. The minimum atomic E-state index is -1.06. The van der Waals surface area contributed by atoms with Crippen molar-refractivity contribution in [1.82, 2.24) is 9.55 Å². The van der Waals surface area contributed by atoms with Gasteiger partial charge in [0.05, 0.1) is 17.7 Å². The zero-order valence-corrected chi connectivity index (χ0v) is 12.1. The van der Waals surface area contributed by atoms with E-state index in [1.165, 1.54) is 0 Å². The van der Waals surface area contributed by atoms with E-state index in [0.717, 1.165) is 29.2 Å². The summed E-state index contributed by atoms with van der Waals surface area (Å²) in [6.07, 6.45) is 2.87. The van der Waals surface area contributed by atoms with Gasteiger partial charge in [-0.15, -0.1) is 0 Å². The summed E-state index contributed by atoms with van der Waals surface area (Å²) in [5.41, 5.74) is 8.33. The number of nitrogens with zero attached hydrogens (tertiary/aromatic N) is 2. The van der Waals surface area contributed by atoms with Crippen molar-refractivity contribution in [2.24, 2.45) is 0 Å². The quantitative estimate of drug-likeness (QED) is 0.674. The van der Waals surface area contributed by atoms with Gasteiger partial charge >= 0.3 is 0 Å². The minimum Gasteiger partial charge on any atom is -0.611 e. The maximum absolute atomic E-state index is 12.4. The van der Waals surface area contributed by atoms with Gasteiger partial charge in [-0.1, -0.05) is 6.92 Å². The SMILES string of the molecule is CCCn1cnc(C)c1C[S@+]([O-])c1ccc(N)cc1. The van der Waals surface area contributed by atoms with Crippen molar-refractivity contribution in [3.8, 4) is 0 Å². The lowest BCUT2D eigenvalue weighted by atomic mass is 10.3. The molecule has 0 unspecified atom stereocenters. The number of benzene rings is 1. The summed E-state index contributed by atoms with van der Waals surface area (Å²) in [5.74, 6) is 0.496. The third-order valence-electron chi connectivity index (χ3n) is 3.03. The summed E-state index contributed by atoms with van der Waals surface area (Å²) >= 11 is -1.06. The average Bonchev–Trinajstić information content (AvgIpc) is 2.73. The second-order valence-corrected chi connectivity index (χ2v) is 5.98. The third-order valence-corrected chi connectivity index (χ3v) is 4.36. The molecule has 0 spiro atoms. The van der Waals surface area contributed by atoms with Crippen molar-refractivity contribution < 1.29 is 4.55 Å². The Morgan fingerprint density at radius 1 is 1.32 bits per heavy atom. The van der Waals surface area contributed by atoms with Crippen molar-refractivity contribution in [2.75, 3.05) is 5.73 Å². The van der Waals surface area contributed by atoms with E-state index in [1.54, 1.807) is 12.1 Å². The van der Waals surface area contributed by atoms with Crippen LogP contribution in [0.25, 0.3) is 0 Å². The highest BCUT2D eigenvalue weighted by atomic mass is 32.2. The number of nitrogen functional groups attached to an aromatic ring is 1. The molecule has 1 atom stereocenters. The third kappa shape index (κ3) is 3.30. The van der Waals surface area contributed by atoms with E-state index >= 15 is 0 Å². The molecule has 19 heavy (non-hydrogen) atoms. The van der Waals surface area contributed by atoms with Gasteiger partial charge in [0.1, 0.15) is 0 Å². The second kappa shape index (κ2) is 6.12. The van der Waals surface area contributed by atoms with Gasteiger partial charge in [-0.2, -0.15) is 0 Å². The Kier molecular flexibility index (Phi) is 4.50. The standard InChI is InChI=1S/C14H19N3OS/c1-3-8-17-10-16-11(2)14(17)9-19(18)13-6-4-12(15)5-7-13/h4-7,10H,3,8-9,15H2,1-2H3/t19-/m0/s1. The Labute approximate surface area is 116 Å². The molecule has 0 fully saturated rings. The van der Waals surface area contributed by atoms with E-state index in [9.17, 15) is 4.55 Å². The van der Waals surface area contributed by atoms with Crippen molar-refractivity contribution in [1.29, 1.82) is 0 Å². The van der Waals surface area contributed by atoms with Gasteiger partial charge in [0.25, 0.3) is 0 Å². The van der Waals surface area contributed by atoms with Gasteiger partial charge in [-0.3, -0.25) is 0 Å². The highest BCUT2D eigenvalue weighted by molar-refractivity contribution is 7.90. The van der Waals surface area contributed by atoms with Crippen LogP contribution in [0.5, 0.6) is 0 Å². The first-order valence-corrected chi connectivity index (χ1v) is 7.68. The van der Waals surface area contributed by atoms with Crippen LogP contribution in [0, 0.1) is 6.92 Å². The molecule has 2 aromatic rings. The molecular formula is C14H19N3OS. The summed E-state index contributed by atoms with van der Waals surface area (Å²) in [5, 5.41) is 0. The minimum absolute atomic E-state index is 0.496. The summed E-state index contributed by atoms with van der Waals surface area (Å²) in [4.78, 5) is 5.11. The number of aryl methyl sites for hydroxylation is 2. The number of hydrogen-bond donors (Lipinski definition) is 1. The number of aromatic nitrogens is 2. The molecule has 1 aromatic carbocycles. The molecule has 2 rings (SSSR count). The summed E-state index contributed by atoms with van der Waals surface area (Å²) in [6, 6.07) is 7.20. The molecule has 0 aliphatic heterocycles. The number of imidazole rings is 1.